The zero-order valence-electron chi connectivity index (χ0n) is 14.3. The van der Waals surface area contributed by atoms with Crippen molar-refractivity contribution < 1.29 is 23.7 Å². The van der Waals surface area contributed by atoms with E-state index in [1.807, 2.05) is 0 Å². The summed E-state index contributed by atoms with van der Waals surface area (Å²) >= 11 is 0. The number of carbonyl (C=O) groups is 1. The number of hydrogen-bond donors (Lipinski definition) is 1. The second-order valence-corrected chi connectivity index (χ2v) is 4.87. The number of carbonyl (C=O) groups excluding carboxylic acids is 1. The number of rotatable bonds is 8. The fraction of sp³-hybridized carbons (Fsp3) is 0.222. The predicted octanol–water partition coefficient (Wildman–Crippen LogP) is 2.24. The third kappa shape index (κ3) is 5.42. The van der Waals surface area contributed by atoms with Gasteiger partial charge in [-0.15, -0.1) is 0 Å². The van der Waals surface area contributed by atoms with Gasteiger partial charge in [-0.2, -0.15) is 5.10 Å². The molecule has 0 aliphatic carbocycles. The van der Waals surface area contributed by atoms with Gasteiger partial charge in [-0.1, -0.05) is 0 Å². The van der Waals surface area contributed by atoms with E-state index in [1.165, 1.54) is 6.21 Å². The van der Waals surface area contributed by atoms with Gasteiger partial charge in [0.2, 0.25) is 0 Å². The quantitative estimate of drug-likeness (QED) is 0.587. The van der Waals surface area contributed by atoms with Gasteiger partial charge < -0.3 is 18.9 Å². The Balaban J connectivity index is 1.85. The molecule has 7 heteroatoms. The summed E-state index contributed by atoms with van der Waals surface area (Å²) in [7, 11) is 4.71. The number of nitrogens with zero attached hydrogens (tertiary/aromatic N) is 1. The summed E-state index contributed by atoms with van der Waals surface area (Å²) in [6.45, 7) is -0.149. The highest BCUT2D eigenvalue weighted by Crippen LogP contribution is 2.23. The molecule has 1 amide bonds. The van der Waals surface area contributed by atoms with Crippen LogP contribution in [0.5, 0.6) is 23.0 Å². The zero-order valence-corrected chi connectivity index (χ0v) is 14.3. The van der Waals surface area contributed by atoms with Crippen LogP contribution >= 0.6 is 0 Å². The van der Waals surface area contributed by atoms with Crippen LogP contribution in [0.4, 0.5) is 0 Å². The molecule has 0 unspecified atom stereocenters. The molecule has 0 radical (unpaired) electrons. The maximum absolute atomic E-state index is 11.8. The minimum atomic E-state index is -0.375. The summed E-state index contributed by atoms with van der Waals surface area (Å²) < 4.78 is 20.8. The molecule has 0 bridgehead atoms. The van der Waals surface area contributed by atoms with E-state index in [9.17, 15) is 4.79 Å². The average molecular weight is 344 g/mol. The van der Waals surface area contributed by atoms with Gasteiger partial charge in [-0.3, -0.25) is 4.79 Å². The number of ether oxygens (including phenoxy) is 4. The summed E-state index contributed by atoms with van der Waals surface area (Å²) in [5.74, 6) is 2.17. The van der Waals surface area contributed by atoms with Crippen molar-refractivity contribution in [2.75, 3.05) is 27.9 Å². The summed E-state index contributed by atoms with van der Waals surface area (Å²) in [5.41, 5.74) is 3.11. The summed E-state index contributed by atoms with van der Waals surface area (Å²) in [6, 6.07) is 12.2. The molecule has 0 aliphatic rings. The van der Waals surface area contributed by atoms with Crippen LogP contribution in [0.3, 0.4) is 0 Å². The van der Waals surface area contributed by atoms with Crippen molar-refractivity contribution in [2.24, 2.45) is 5.10 Å². The SMILES string of the molecule is COc1ccc(OCC(=O)NN=Cc2ccc(OC)cc2OC)cc1. The molecule has 0 heterocycles. The smallest absolute Gasteiger partial charge is 0.277 e. The van der Waals surface area contributed by atoms with E-state index < -0.39 is 0 Å². The molecule has 0 aromatic heterocycles. The minimum absolute atomic E-state index is 0.149. The third-order valence-electron chi connectivity index (χ3n) is 3.26. The van der Waals surface area contributed by atoms with Crippen LogP contribution in [0.2, 0.25) is 0 Å². The van der Waals surface area contributed by atoms with Crippen molar-refractivity contribution in [1.29, 1.82) is 0 Å². The Kier molecular flexibility index (Phi) is 6.65. The molecule has 0 saturated carbocycles. The van der Waals surface area contributed by atoms with E-state index in [1.54, 1.807) is 63.8 Å². The fourth-order valence-electron chi connectivity index (χ4n) is 1.95. The number of benzene rings is 2. The normalized spacial score (nSPS) is 10.4. The van der Waals surface area contributed by atoms with Crippen molar-refractivity contribution in [3.05, 3.63) is 48.0 Å². The highest BCUT2D eigenvalue weighted by Gasteiger charge is 2.04. The van der Waals surface area contributed by atoms with Crippen molar-refractivity contribution in [3.8, 4) is 23.0 Å². The second-order valence-electron chi connectivity index (χ2n) is 4.87. The van der Waals surface area contributed by atoms with Crippen molar-refractivity contribution in [2.45, 2.75) is 0 Å². The first kappa shape index (κ1) is 18.1. The van der Waals surface area contributed by atoms with Gasteiger partial charge in [-0.05, 0) is 36.4 Å². The molecule has 0 atom stereocenters. The summed E-state index contributed by atoms with van der Waals surface area (Å²) in [4.78, 5) is 11.8. The lowest BCUT2D eigenvalue weighted by molar-refractivity contribution is -0.123. The first-order valence-electron chi connectivity index (χ1n) is 7.47. The van der Waals surface area contributed by atoms with Gasteiger partial charge in [0.05, 0.1) is 27.5 Å². The van der Waals surface area contributed by atoms with Crippen LogP contribution in [-0.4, -0.2) is 40.1 Å². The monoisotopic (exact) mass is 344 g/mol. The molecule has 2 aromatic carbocycles. The molecule has 0 fully saturated rings. The summed E-state index contributed by atoms with van der Waals surface area (Å²) in [5, 5.41) is 3.90. The average Bonchev–Trinajstić information content (AvgIpc) is 2.66. The predicted molar refractivity (Wildman–Crippen MR) is 93.8 cm³/mol. The number of amides is 1. The maximum Gasteiger partial charge on any atom is 0.277 e. The van der Waals surface area contributed by atoms with Crippen LogP contribution in [0, 0.1) is 0 Å². The molecule has 0 spiro atoms. The van der Waals surface area contributed by atoms with E-state index in [0.717, 1.165) is 5.75 Å². The number of methoxy groups -OCH3 is 3. The lowest BCUT2D eigenvalue weighted by atomic mass is 10.2. The van der Waals surface area contributed by atoms with E-state index in [0.29, 0.717) is 22.8 Å². The standard InChI is InChI=1S/C18H20N2O5/c1-22-14-6-8-15(9-7-14)25-12-18(21)20-19-11-13-4-5-16(23-2)10-17(13)24-3/h4-11H,12H2,1-3H3,(H,20,21). The topological polar surface area (TPSA) is 78.4 Å². The molecule has 7 nitrogen and oxygen atoms in total. The molecule has 0 saturated heterocycles. The van der Waals surface area contributed by atoms with Crippen LogP contribution in [0.15, 0.2) is 47.6 Å². The van der Waals surface area contributed by atoms with E-state index >= 15 is 0 Å². The zero-order chi connectivity index (χ0) is 18.1. The van der Waals surface area contributed by atoms with Gasteiger partial charge in [0.15, 0.2) is 6.61 Å². The largest absolute Gasteiger partial charge is 0.497 e. The molecule has 0 aliphatic heterocycles. The molecule has 25 heavy (non-hydrogen) atoms. The molecular weight excluding hydrogens is 324 g/mol. The van der Waals surface area contributed by atoms with E-state index in [-0.39, 0.29) is 12.5 Å². The Hall–Kier alpha value is -3.22. The minimum Gasteiger partial charge on any atom is -0.497 e. The van der Waals surface area contributed by atoms with E-state index in [2.05, 4.69) is 10.5 Å². The Labute approximate surface area is 146 Å². The number of hydrogen-bond acceptors (Lipinski definition) is 6. The van der Waals surface area contributed by atoms with Gasteiger partial charge in [0.25, 0.3) is 5.91 Å². The molecular formula is C18H20N2O5. The Morgan fingerprint density at radius 1 is 0.960 bits per heavy atom. The molecule has 132 valence electrons. The first-order valence-corrected chi connectivity index (χ1v) is 7.47. The third-order valence-corrected chi connectivity index (χ3v) is 3.26. The van der Waals surface area contributed by atoms with Crippen molar-refractivity contribution >= 4 is 12.1 Å². The van der Waals surface area contributed by atoms with Gasteiger partial charge >= 0.3 is 0 Å². The van der Waals surface area contributed by atoms with Crippen LogP contribution in [0.25, 0.3) is 0 Å². The first-order chi connectivity index (χ1) is 12.2. The van der Waals surface area contributed by atoms with Gasteiger partial charge in [-0.25, -0.2) is 5.43 Å². The van der Waals surface area contributed by atoms with Crippen LogP contribution < -0.4 is 24.4 Å². The summed E-state index contributed by atoms with van der Waals surface area (Å²) in [6.07, 6.45) is 1.49. The second kappa shape index (κ2) is 9.17. The highest BCUT2D eigenvalue weighted by atomic mass is 16.5. The van der Waals surface area contributed by atoms with Gasteiger partial charge in [0.1, 0.15) is 23.0 Å². The molecule has 2 rings (SSSR count). The van der Waals surface area contributed by atoms with Crippen molar-refractivity contribution in [1.82, 2.24) is 5.43 Å². The number of hydrazone groups is 1. The maximum atomic E-state index is 11.8. The molecule has 2 aromatic rings. The molecule has 1 N–H and O–H groups in total. The highest BCUT2D eigenvalue weighted by molar-refractivity contribution is 5.85. The lowest BCUT2D eigenvalue weighted by Gasteiger charge is -2.07. The lowest BCUT2D eigenvalue weighted by Crippen LogP contribution is -2.24. The number of nitrogens with one attached hydrogen (secondary N) is 1. The van der Waals surface area contributed by atoms with Crippen LogP contribution in [-0.2, 0) is 4.79 Å². The Morgan fingerprint density at radius 3 is 2.24 bits per heavy atom. The fourth-order valence-corrected chi connectivity index (χ4v) is 1.95. The van der Waals surface area contributed by atoms with Crippen molar-refractivity contribution in [3.63, 3.8) is 0 Å². The van der Waals surface area contributed by atoms with E-state index in [4.69, 9.17) is 18.9 Å². The Morgan fingerprint density at radius 2 is 1.60 bits per heavy atom. The van der Waals surface area contributed by atoms with Crippen LogP contribution in [0.1, 0.15) is 5.56 Å². The van der Waals surface area contributed by atoms with Gasteiger partial charge in [0, 0.05) is 11.6 Å². The Bertz CT molecular complexity index is 729.